The maximum absolute atomic E-state index is 11.0. The van der Waals surface area contributed by atoms with Crippen LogP contribution in [0.5, 0.6) is 5.75 Å². The van der Waals surface area contributed by atoms with Crippen LogP contribution in [0.4, 0.5) is 11.4 Å². The predicted molar refractivity (Wildman–Crippen MR) is 77.7 cm³/mol. The number of nitrogens with one attached hydrogen (secondary N) is 1. The van der Waals surface area contributed by atoms with E-state index in [1.807, 2.05) is 31.2 Å². The van der Waals surface area contributed by atoms with E-state index in [0.29, 0.717) is 17.2 Å². The standard InChI is InChI=1S/C15H14ClNO2/c1-2-19-14-6-4-13(5-7-14)17-15-8-3-12(16)9-11(15)10-18/h3-10,17H,2H2,1H3. The number of hydrogen-bond acceptors (Lipinski definition) is 3. The summed E-state index contributed by atoms with van der Waals surface area (Å²) in [5, 5.41) is 3.72. The van der Waals surface area contributed by atoms with Gasteiger partial charge in [0, 0.05) is 22.0 Å². The fourth-order valence-electron chi connectivity index (χ4n) is 1.70. The third-order valence-corrected chi connectivity index (χ3v) is 2.82. The summed E-state index contributed by atoms with van der Waals surface area (Å²) >= 11 is 5.85. The molecule has 0 amide bonds. The summed E-state index contributed by atoms with van der Waals surface area (Å²) < 4.78 is 5.37. The van der Waals surface area contributed by atoms with Crippen molar-refractivity contribution >= 4 is 29.3 Å². The van der Waals surface area contributed by atoms with Crippen LogP contribution in [0.3, 0.4) is 0 Å². The maximum Gasteiger partial charge on any atom is 0.152 e. The molecular weight excluding hydrogens is 262 g/mol. The van der Waals surface area contributed by atoms with Crippen molar-refractivity contribution in [2.45, 2.75) is 6.92 Å². The first-order valence-electron chi connectivity index (χ1n) is 5.97. The van der Waals surface area contributed by atoms with Crippen LogP contribution < -0.4 is 10.1 Å². The van der Waals surface area contributed by atoms with Crippen LogP contribution >= 0.6 is 11.6 Å². The SMILES string of the molecule is CCOc1ccc(Nc2ccc(Cl)cc2C=O)cc1. The molecule has 0 radical (unpaired) electrons. The minimum Gasteiger partial charge on any atom is -0.494 e. The molecule has 2 rings (SSSR count). The zero-order valence-electron chi connectivity index (χ0n) is 10.5. The molecular formula is C15H14ClNO2. The summed E-state index contributed by atoms with van der Waals surface area (Å²) in [4.78, 5) is 11.0. The molecule has 0 aliphatic heterocycles. The zero-order chi connectivity index (χ0) is 13.7. The van der Waals surface area contributed by atoms with E-state index >= 15 is 0 Å². The zero-order valence-corrected chi connectivity index (χ0v) is 11.3. The molecule has 98 valence electrons. The summed E-state index contributed by atoms with van der Waals surface area (Å²) in [6, 6.07) is 12.7. The third-order valence-electron chi connectivity index (χ3n) is 2.58. The first-order valence-corrected chi connectivity index (χ1v) is 6.35. The number of carbonyl (C=O) groups excluding carboxylic acids is 1. The van der Waals surface area contributed by atoms with Crippen molar-refractivity contribution in [1.82, 2.24) is 0 Å². The summed E-state index contributed by atoms with van der Waals surface area (Å²) in [6.07, 6.45) is 0.781. The van der Waals surface area contributed by atoms with E-state index in [2.05, 4.69) is 5.32 Å². The average Bonchev–Trinajstić information content (AvgIpc) is 2.43. The molecule has 0 atom stereocenters. The van der Waals surface area contributed by atoms with Crippen LogP contribution in [-0.2, 0) is 0 Å². The van der Waals surface area contributed by atoms with Crippen LogP contribution in [-0.4, -0.2) is 12.9 Å². The molecule has 0 unspecified atom stereocenters. The van der Waals surface area contributed by atoms with Gasteiger partial charge in [-0.2, -0.15) is 0 Å². The highest BCUT2D eigenvalue weighted by molar-refractivity contribution is 6.31. The molecule has 0 saturated heterocycles. The van der Waals surface area contributed by atoms with Crippen LogP contribution in [0, 0.1) is 0 Å². The molecule has 0 spiro atoms. The molecule has 3 nitrogen and oxygen atoms in total. The van der Waals surface area contributed by atoms with Crippen LogP contribution in [0.15, 0.2) is 42.5 Å². The number of hydrogen-bond donors (Lipinski definition) is 1. The van der Waals surface area contributed by atoms with E-state index in [9.17, 15) is 4.79 Å². The average molecular weight is 276 g/mol. The Morgan fingerprint density at radius 3 is 2.58 bits per heavy atom. The van der Waals surface area contributed by atoms with Crippen LogP contribution in [0.2, 0.25) is 5.02 Å². The van der Waals surface area contributed by atoms with Gasteiger partial charge in [-0.15, -0.1) is 0 Å². The third kappa shape index (κ3) is 3.48. The largest absolute Gasteiger partial charge is 0.494 e. The lowest BCUT2D eigenvalue weighted by Crippen LogP contribution is -1.96. The van der Waals surface area contributed by atoms with Gasteiger partial charge in [-0.05, 0) is 49.4 Å². The fourth-order valence-corrected chi connectivity index (χ4v) is 1.88. The molecule has 0 aliphatic rings. The van der Waals surface area contributed by atoms with E-state index in [1.165, 1.54) is 0 Å². The van der Waals surface area contributed by atoms with Gasteiger partial charge in [0.1, 0.15) is 5.75 Å². The summed E-state index contributed by atoms with van der Waals surface area (Å²) in [5.41, 5.74) is 2.14. The van der Waals surface area contributed by atoms with Gasteiger partial charge in [0.05, 0.1) is 6.61 Å². The Morgan fingerprint density at radius 2 is 1.95 bits per heavy atom. The Labute approximate surface area is 117 Å². The summed E-state index contributed by atoms with van der Waals surface area (Å²) in [6.45, 7) is 2.58. The molecule has 2 aromatic carbocycles. The topological polar surface area (TPSA) is 38.3 Å². The molecule has 0 aliphatic carbocycles. The van der Waals surface area contributed by atoms with Gasteiger partial charge in [0.15, 0.2) is 6.29 Å². The van der Waals surface area contributed by atoms with Crippen molar-refractivity contribution in [3.05, 3.63) is 53.1 Å². The van der Waals surface area contributed by atoms with Crippen molar-refractivity contribution in [2.24, 2.45) is 0 Å². The van der Waals surface area contributed by atoms with Crippen molar-refractivity contribution < 1.29 is 9.53 Å². The Balaban J connectivity index is 2.18. The minimum absolute atomic E-state index is 0.529. The second-order valence-corrected chi connectivity index (χ2v) is 4.37. The highest BCUT2D eigenvalue weighted by atomic mass is 35.5. The molecule has 1 N–H and O–H groups in total. The van der Waals surface area contributed by atoms with E-state index < -0.39 is 0 Å². The van der Waals surface area contributed by atoms with Gasteiger partial charge in [0.25, 0.3) is 0 Å². The van der Waals surface area contributed by atoms with E-state index in [-0.39, 0.29) is 0 Å². The second-order valence-electron chi connectivity index (χ2n) is 3.93. The molecule has 2 aromatic rings. The van der Waals surface area contributed by atoms with Crippen molar-refractivity contribution in [3.8, 4) is 5.75 Å². The second kappa shape index (κ2) is 6.25. The molecule has 0 aromatic heterocycles. The van der Waals surface area contributed by atoms with Crippen molar-refractivity contribution in [1.29, 1.82) is 0 Å². The van der Waals surface area contributed by atoms with Gasteiger partial charge in [-0.3, -0.25) is 4.79 Å². The van der Waals surface area contributed by atoms with Gasteiger partial charge in [-0.25, -0.2) is 0 Å². The number of ether oxygens (including phenoxy) is 1. The van der Waals surface area contributed by atoms with Gasteiger partial charge in [-0.1, -0.05) is 11.6 Å². The number of aldehydes is 1. The minimum atomic E-state index is 0.529. The molecule has 4 heteroatoms. The van der Waals surface area contributed by atoms with Gasteiger partial charge in [0.2, 0.25) is 0 Å². The van der Waals surface area contributed by atoms with E-state index in [0.717, 1.165) is 23.4 Å². The van der Waals surface area contributed by atoms with E-state index in [4.69, 9.17) is 16.3 Å². The molecule has 0 bridgehead atoms. The lowest BCUT2D eigenvalue weighted by molar-refractivity contribution is 0.112. The first kappa shape index (κ1) is 13.4. The van der Waals surface area contributed by atoms with E-state index in [1.54, 1.807) is 18.2 Å². The maximum atomic E-state index is 11.0. The highest BCUT2D eigenvalue weighted by Crippen LogP contribution is 2.24. The van der Waals surface area contributed by atoms with Crippen LogP contribution in [0.1, 0.15) is 17.3 Å². The Hall–Kier alpha value is -2.00. The Bertz CT molecular complexity index is 567. The first-order chi connectivity index (χ1) is 9.22. The lowest BCUT2D eigenvalue weighted by atomic mass is 10.2. The van der Waals surface area contributed by atoms with Gasteiger partial charge >= 0.3 is 0 Å². The number of anilines is 2. The number of carbonyl (C=O) groups is 1. The lowest BCUT2D eigenvalue weighted by Gasteiger charge is -2.10. The number of halogens is 1. The monoisotopic (exact) mass is 275 g/mol. The fraction of sp³-hybridized carbons (Fsp3) is 0.133. The van der Waals surface area contributed by atoms with Gasteiger partial charge < -0.3 is 10.1 Å². The molecule has 0 fully saturated rings. The molecule has 0 saturated carbocycles. The van der Waals surface area contributed by atoms with Crippen molar-refractivity contribution in [2.75, 3.05) is 11.9 Å². The highest BCUT2D eigenvalue weighted by Gasteiger charge is 2.03. The van der Waals surface area contributed by atoms with Crippen LogP contribution in [0.25, 0.3) is 0 Å². The summed E-state index contributed by atoms with van der Waals surface area (Å²) in [7, 11) is 0. The normalized spacial score (nSPS) is 10.0. The Morgan fingerprint density at radius 1 is 1.21 bits per heavy atom. The Kier molecular flexibility index (Phi) is 4.42. The quantitative estimate of drug-likeness (QED) is 0.827. The predicted octanol–water partition coefficient (Wildman–Crippen LogP) is 4.29. The molecule has 0 heterocycles. The molecule has 19 heavy (non-hydrogen) atoms. The number of rotatable bonds is 5. The van der Waals surface area contributed by atoms with Crippen molar-refractivity contribution in [3.63, 3.8) is 0 Å². The summed E-state index contributed by atoms with van der Waals surface area (Å²) in [5.74, 6) is 0.819. The number of benzene rings is 2. The smallest absolute Gasteiger partial charge is 0.152 e.